The molecule has 4 bridgehead atoms. The molecule has 6 rings (SSSR count). The van der Waals surface area contributed by atoms with Gasteiger partial charge in [0.05, 0.1) is 0 Å². The summed E-state index contributed by atoms with van der Waals surface area (Å²) in [6.45, 7) is 0. The molecule has 4 fully saturated rings. The number of hydrogen-bond donors (Lipinski definition) is 2. The lowest BCUT2D eigenvalue weighted by Crippen LogP contribution is -2.49. The van der Waals surface area contributed by atoms with E-state index in [9.17, 15) is 0 Å². The Hall–Kier alpha value is -1.84. The highest BCUT2D eigenvalue weighted by atomic mass is 15.2. The fourth-order valence-electron chi connectivity index (χ4n) is 5.82. The molecule has 0 radical (unpaired) electrons. The average Bonchev–Trinajstić information content (AvgIpc) is 2.98. The number of anilines is 1. The number of nitrogens with two attached hydrogens (primary N) is 1. The van der Waals surface area contributed by atoms with Gasteiger partial charge in [-0.1, -0.05) is 12.1 Å². The van der Waals surface area contributed by atoms with Crippen molar-refractivity contribution < 1.29 is 0 Å². The maximum absolute atomic E-state index is 5.76. The van der Waals surface area contributed by atoms with Crippen LogP contribution < -0.4 is 5.73 Å². The van der Waals surface area contributed by atoms with Crippen LogP contribution in [0.4, 0.5) is 5.69 Å². The summed E-state index contributed by atoms with van der Waals surface area (Å²) in [6.07, 6.45) is 9.14. The number of aromatic amines is 1. The minimum atomic E-state index is 0.282. The van der Waals surface area contributed by atoms with Crippen LogP contribution in [0.15, 0.2) is 24.3 Å². The Kier molecular flexibility index (Phi) is 2.85. The number of hydrogen-bond acceptors (Lipinski definition) is 3. The number of aromatic nitrogens is 3. The minimum absolute atomic E-state index is 0.282. The van der Waals surface area contributed by atoms with Crippen molar-refractivity contribution in [2.75, 3.05) is 5.73 Å². The molecule has 0 atom stereocenters. The van der Waals surface area contributed by atoms with Crippen LogP contribution in [0.3, 0.4) is 0 Å². The number of rotatable bonds is 3. The quantitative estimate of drug-likeness (QED) is 0.853. The minimum Gasteiger partial charge on any atom is -0.399 e. The molecule has 120 valence electrons. The molecule has 0 unspecified atom stereocenters. The number of nitrogens with zero attached hydrogens (tertiary/aromatic N) is 2. The first-order valence-corrected chi connectivity index (χ1v) is 8.95. The second kappa shape index (κ2) is 4.83. The molecule has 0 saturated heterocycles. The monoisotopic (exact) mass is 308 g/mol. The fourth-order valence-corrected chi connectivity index (χ4v) is 5.82. The third-order valence-corrected chi connectivity index (χ3v) is 6.40. The van der Waals surface area contributed by atoms with Crippen molar-refractivity contribution in [3.63, 3.8) is 0 Å². The molecule has 2 aromatic rings. The van der Waals surface area contributed by atoms with Gasteiger partial charge >= 0.3 is 0 Å². The van der Waals surface area contributed by atoms with Gasteiger partial charge in [-0.2, -0.15) is 5.10 Å². The molecule has 4 aliphatic carbocycles. The highest BCUT2D eigenvalue weighted by Gasteiger charge is 2.53. The van der Waals surface area contributed by atoms with Gasteiger partial charge in [-0.3, -0.25) is 5.10 Å². The van der Waals surface area contributed by atoms with E-state index in [2.05, 4.69) is 22.3 Å². The predicted octanol–water partition coefficient (Wildman–Crippen LogP) is 3.45. The zero-order chi connectivity index (χ0) is 15.4. The van der Waals surface area contributed by atoms with Crippen molar-refractivity contribution in [1.29, 1.82) is 0 Å². The molecule has 4 aliphatic rings. The highest BCUT2D eigenvalue weighted by molar-refractivity contribution is 5.39. The van der Waals surface area contributed by atoms with Crippen molar-refractivity contribution in [2.45, 2.75) is 50.4 Å². The van der Waals surface area contributed by atoms with Crippen LogP contribution in [-0.2, 0) is 11.8 Å². The van der Waals surface area contributed by atoms with Gasteiger partial charge in [0.15, 0.2) is 5.82 Å². The fraction of sp³-hybridized carbons (Fsp3) is 0.579. The topological polar surface area (TPSA) is 67.6 Å². The zero-order valence-electron chi connectivity index (χ0n) is 13.5. The van der Waals surface area contributed by atoms with Crippen molar-refractivity contribution in [3.05, 3.63) is 41.5 Å². The molecular weight excluding hydrogens is 284 g/mol. The molecule has 4 nitrogen and oxygen atoms in total. The lowest BCUT2D eigenvalue weighted by molar-refractivity contribution is -0.00925. The first-order valence-electron chi connectivity index (χ1n) is 8.95. The van der Waals surface area contributed by atoms with E-state index in [1.165, 1.54) is 44.1 Å². The normalized spacial score (nSPS) is 34.9. The Morgan fingerprint density at radius 3 is 2.22 bits per heavy atom. The van der Waals surface area contributed by atoms with Crippen LogP contribution in [0.5, 0.6) is 0 Å². The summed E-state index contributed by atoms with van der Waals surface area (Å²) in [5.41, 5.74) is 8.08. The summed E-state index contributed by atoms with van der Waals surface area (Å²) in [4.78, 5) is 4.92. The zero-order valence-corrected chi connectivity index (χ0v) is 13.5. The summed E-state index contributed by atoms with van der Waals surface area (Å²) < 4.78 is 0. The SMILES string of the molecule is Nc1ccc(Cc2nc(C34CC5CC(CC(C5)C3)C4)n[nH]2)cc1. The molecule has 0 aliphatic heterocycles. The second-order valence-electron chi connectivity index (χ2n) is 8.22. The van der Waals surface area contributed by atoms with E-state index in [1.807, 2.05) is 12.1 Å². The van der Waals surface area contributed by atoms with Crippen LogP contribution in [0.25, 0.3) is 0 Å². The third kappa shape index (κ3) is 2.27. The molecule has 4 saturated carbocycles. The van der Waals surface area contributed by atoms with E-state index in [4.69, 9.17) is 10.7 Å². The summed E-state index contributed by atoms with van der Waals surface area (Å²) in [7, 11) is 0. The van der Waals surface area contributed by atoms with E-state index >= 15 is 0 Å². The van der Waals surface area contributed by atoms with Crippen molar-refractivity contribution >= 4 is 5.69 Å². The largest absolute Gasteiger partial charge is 0.399 e. The number of H-pyrrole nitrogens is 1. The van der Waals surface area contributed by atoms with Gasteiger partial charge in [-0.15, -0.1) is 0 Å². The molecule has 3 N–H and O–H groups in total. The van der Waals surface area contributed by atoms with E-state index < -0.39 is 0 Å². The van der Waals surface area contributed by atoms with Crippen molar-refractivity contribution in [3.8, 4) is 0 Å². The summed E-state index contributed by atoms with van der Waals surface area (Å²) in [5, 5.41) is 7.86. The Bertz CT molecular complexity index is 680. The third-order valence-electron chi connectivity index (χ3n) is 6.40. The van der Waals surface area contributed by atoms with Crippen LogP contribution in [0.2, 0.25) is 0 Å². The molecule has 23 heavy (non-hydrogen) atoms. The van der Waals surface area contributed by atoms with Gasteiger partial charge in [0, 0.05) is 17.5 Å². The number of nitrogen functional groups attached to an aromatic ring is 1. The first kappa shape index (κ1) is 13.6. The van der Waals surface area contributed by atoms with Crippen molar-refractivity contribution in [1.82, 2.24) is 15.2 Å². The maximum Gasteiger partial charge on any atom is 0.156 e. The van der Waals surface area contributed by atoms with Crippen LogP contribution in [-0.4, -0.2) is 15.2 Å². The Morgan fingerprint density at radius 2 is 1.61 bits per heavy atom. The lowest BCUT2D eigenvalue weighted by Gasteiger charge is -2.55. The van der Waals surface area contributed by atoms with Gasteiger partial charge in [-0.25, -0.2) is 4.98 Å². The van der Waals surface area contributed by atoms with Gasteiger partial charge in [-0.05, 0) is 74.0 Å². The van der Waals surface area contributed by atoms with Gasteiger partial charge in [0.2, 0.25) is 0 Å². The smallest absolute Gasteiger partial charge is 0.156 e. The number of benzene rings is 1. The van der Waals surface area contributed by atoms with Crippen molar-refractivity contribution in [2.24, 2.45) is 17.8 Å². The van der Waals surface area contributed by atoms with Gasteiger partial charge in [0.25, 0.3) is 0 Å². The molecule has 1 aromatic carbocycles. The standard InChI is InChI=1S/C19H24N4/c20-16-3-1-12(2-4-16)8-17-21-18(23-22-17)19-9-13-5-14(10-19)7-15(6-13)11-19/h1-4,13-15H,5-11,20H2,(H,21,22,23). The molecule has 4 heteroatoms. The van der Waals surface area contributed by atoms with Gasteiger partial charge in [0.1, 0.15) is 5.82 Å². The lowest BCUT2D eigenvalue weighted by atomic mass is 9.49. The summed E-state index contributed by atoms with van der Waals surface area (Å²) >= 11 is 0. The predicted molar refractivity (Wildman–Crippen MR) is 89.9 cm³/mol. The molecule has 0 spiro atoms. The highest BCUT2D eigenvalue weighted by Crippen LogP contribution is 2.60. The molecule has 0 amide bonds. The van der Waals surface area contributed by atoms with Crippen LogP contribution in [0, 0.1) is 17.8 Å². The summed E-state index contributed by atoms with van der Waals surface area (Å²) in [6, 6.07) is 8.04. The molecule has 1 aromatic heterocycles. The number of nitrogens with one attached hydrogen (secondary N) is 1. The Balaban J connectivity index is 1.40. The van der Waals surface area contributed by atoms with Crippen LogP contribution in [0.1, 0.15) is 55.7 Å². The van der Waals surface area contributed by atoms with Crippen LogP contribution >= 0.6 is 0 Å². The van der Waals surface area contributed by atoms with E-state index in [0.29, 0.717) is 0 Å². The van der Waals surface area contributed by atoms with E-state index in [1.54, 1.807) is 0 Å². The van der Waals surface area contributed by atoms with Gasteiger partial charge < -0.3 is 5.73 Å². The molecule has 1 heterocycles. The van der Waals surface area contributed by atoms with E-state index in [0.717, 1.165) is 41.5 Å². The second-order valence-corrected chi connectivity index (χ2v) is 8.22. The average molecular weight is 308 g/mol. The maximum atomic E-state index is 5.76. The summed E-state index contributed by atoms with van der Waals surface area (Å²) in [5.74, 6) is 4.88. The Labute approximate surface area is 136 Å². The Morgan fingerprint density at radius 1 is 1.00 bits per heavy atom. The van der Waals surface area contributed by atoms with E-state index in [-0.39, 0.29) is 5.41 Å². The molecular formula is C19H24N4. The first-order chi connectivity index (χ1) is 11.2.